The zero-order valence-electron chi connectivity index (χ0n) is 13.2. The molecule has 3 rings (SSSR count). The fourth-order valence-electron chi connectivity index (χ4n) is 2.98. The topological polar surface area (TPSA) is 69.6 Å². The van der Waals surface area contributed by atoms with Gasteiger partial charge in [-0.25, -0.2) is 0 Å². The maximum absolute atomic E-state index is 12.5. The number of likely N-dealkylation sites (tertiary alicyclic amines) is 1. The van der Waals surface area contributed by atoms with Crippen LogP contribution in [0.1, 0.15) is 27.1 Å². The van der Waals surface area contributed by atoms with Crippen LogP contribution in [0.5, 0.6) is 0 Å². The number of hydrogen-bond donors (Lipinski definition) is 2. The van der Waals surface area contributed by atoms with Crippen LogP contribution in [0.2, 0.25) is 0 Å². The van der Waals surface area contributed by atoms with Crippen molar-refractivity contribution in [2.75, 3.05) is 19.7 Å². The Labute approximate surface area is 144 Å². The summed E-state index contributed by atoms with van der Waals surface area (Å²) in [6, 6.07) is 10.5. The van der Waals surface area contributed by atoms with Crippen LogP contribution >= 0.6 is 11.3 Å². The van der Waals surface area contributed by atoms with Crippen molar-refractivity contribution in [2.24, 2.45) is 5.92 Å². The van der Waals surface area contributed by atoms with Crippen molar-refractivity contribution in [3.05, 3.63) is 58.3 Å². The molecule has 1 fully saturated rings. The van der Waals surface area contributed by atoms with Crippen LogP contribution < -0.4 is 5.32 Å². The van der Waals surface area contributed by atoms with Crippen molar-refractivity contribution in [1.29, 1.82) is 0 Å². The average Bonchev–Trinajstić information content (AvgIpc) is 3.16. The minimum Gasteiger partial charge on any atom is -0.396 e. The van der Waals surface area contributed by atoms with Gasteiger partial charge in [-0.15, -0.1) is 0 Å². The number of amides is 2. The van der Waals surface area contributed by atoms with E-state index in [1.54, 1.807) is 17.0 Å². The zero-order valence-corrected chi connectivity index (χ0v) is 14.0. The minimum atomic E-state index is -0.251. The van der Waals surface area contributed by atoms with Crippen LogP contribution in [-0.2, 0) is 0 Å². The summed E-state index contributed by atoms with van der Waals surface area (Å²) < 4.78 is 0. The van der Waals surface area contributed by atoms with Crippen LogP contribution in [0.3, 0.4) is 0 Å². The Balaban J connectivity index is 1.69. The van der Waals surface area contributed by atoms with Gasteiger partial charge in [-0.05, 0) is 30.0 Å². The molecule has 1 aromatic carbocycles. The van der Waals surface area contributed by atoms with Crippen molar-refractivity contribution < 1.29 is 14.7 Å². The fourth-order valence-corrected chi connectivity index (χ4v) is 3.61. The van der Waals surface area contributed by atoms with E-state index < -0.39 is 0 Å². The molecule has 5 nitrogen and oxygen atoms in total. The van der Waals surface area contributed by atoms with E-state index in [0.717, 1.165) is 0 Å². The summed E-state index contributed by atoms with van der Waals surface area (Å²) in [5.41, 5.74) is 1.26. The van der Waals surface area contributed by atoms with Crippen LogP contribution in [0.15, 0.2) is 47.2 Å². The molecule has 0 saturated carbocycles. The molecule has 24 heavy (non-hydrogen) atoms. The Bertz CT molecular complexity index is 688. The molecule has 1 aromatic heterocycles. The number of rotatable bonds is 4. The van der Waals surface area contributed by atoms with E-state index in [-0.39, 0.29) is 30.4 Å². The Morgan fingerprint density at radius 2 is 2.00 bits per heavy atom. The molecular formula is C18H20N2O3S. The number of benzene rings is 1. The Morgan fingerprint density at radius 3 is 2.67 bits per heavy atom. The highest BCUT2D eigenvalue weighted by Gasteiger charge is 2.32. The highest BCUT2D eigenvalue weighted by atomic mass is 32.1. The molecule has 2 aromatic rings. The van der Waals surface area contributed by atoms with Gasteiger partial charge in [0.15, 0.2) is 0 Å². The summed E-state index contributed by atoms with van der Waals surface area (Å²) in [5.74, 6) is -0.236. The molecule has 0 unspecified atom stereocenters. The predicted molar refractivity (Wildman–Crippen MR) is 93.1 cm³/mol. The van der Waals surface area contributed by atoms with E-state index in [0.29, 0.717) is 30.6 Å². The molecule has 2 N–H and O–H groups in total. The number of carbonyl (C=O) groups excluding carboxylic acids is 2. The second-order valence-corrected chi connectivity index (χ2v) is 6.72. The molecule has 126 valence electrons. The molecule has 0 spiro atoms. The molecular weight excluding hydrogens is 324 g/mol. The van der Waals surface area contributed by atoms with Crippen molar-refractivity contribution in [1.82, 2.24) is 10.2 Å². The molecule has 2 amide bonds. The summed E-state index contributed by atoms with van der Waals surface area (Å²) in [7, 11) is 0. The Morgan fingerprint density at radius 1 is 1.21 bits per heavy atom. The van der Waals surface area contributed by atoms with Gasteiger partial charge in [-0.2, -0.15) is 11.3 Å². The number of aliphatic hydroxyl groups excluding tert-OH is 1. The van der Waals surface area contributed by atoms with Gasteiger partial charge < -0.3 is 15.3 Å². The lowest BCUT2D eigenvalue weighted by Crippen LogP contribution is -2.54. The summed E-state index contributed by atoms with van der Waals surface area (Å²) in [4.78, 5) is 26.7. The largest absolute Gasteiger partial charge is 0.396 e. The number of hydrogen-bond acceptors (Lipinski definition) is 4. The lowest BCUT2D eigenvalue weighted by Gasteiger charge is -2.38. The van der Waals surface area contributed by atoms with E-state index in [9.17, 15) is 14.7 Å². The second kappa shape index (κ2) is 7.59. The number of aliphatic hydroxyl groups is 1. The van der Waals surface area contributed by atoms with Gasteiger partial charge >= 0.3 is 0 Å². The van der Waals surface area contributed by atoms with Gasteiger partial charge in [0.1, 0.15) is 0 Å². The predicted octanol–water partition coefficient (Wildman–Crippen LogP) is 2.00. The number of carbonyl (C=O) groups is 2. The molecule has 1 aliphatic heterocycles. The van der Waals surface area contributed by atoms with E-state index in [1.165, 1.54) is 11.3 Å². The Hall–Kier alpha value is -2.18. The summed E-state index contributed by atoms with van der Waals surface area (Å²) in [6.07, 6.45) is 0.673. The molecule has 2 atom stereocenters. The molecule has 0 aliphatic carbocycles. The quantitative estimate of drug-likeness (QED) is 0.891. The molecule has 0 radical (unpaired) electrons. The SMILES string of the molecule is O=C(N[C@@H]1CN(C(=O)c2ccsc2)CC[C@@H]1CO)c1ccccc1. The van der Waals surface area contributed by atoms with Gasteiger partial charge in [0, 0.05) is 36.6 Å². The lowest BCUT2D eigenvalue weighted by atomic mass is 9.91. The van der Waals surface area contributed by atoms with E-state index in [1.807, 2.05) is 35.0 Å². The Kier molecular flexibility index (Phi) is 5.27. The maximum atomic E-state index is 12.5. The molecule has 0 bridgehead atoms. The number of thiophene rings is 1. The van der Waals surface area contributed by atoms with Crippen LogP contribution in [0.25, 0.3) is 0 Å². The third-order valence-electron chi connectivity index (χ3n) is 4.40. The highest BCUT2D eigenvalue weighted by Crippen LogP contribution is 2.20. The lowest BCUT2D eigenvalue weighted by molar-refractivity contribution is 0.0542. The van der Waals surface area contributed by atoms with Gasteiger partial charge in [-0.3, -0.25) is 9.59 Å². The first-order valence-corrected chi connectivity index (χ1v) is 8.91. The standard InChI is InChI=1S/C18H20N2O3S/c21-11-14-6-8-20(18(23)15-7-9-24-12-15)10-16(14)19-17(22)13-4-2-1-3-5-13/h1-5,7,9,12,14,16,21H,6,8,10-11H2,(H,19,22)/t14-,16-/m1/s1. The molecule has 1 saturated heterocycles. The second-order valence-electron chi connectivity index (χ2n) is 5.94. The van der Waals surface area contributed by atoms with Gasteiger partial charge in [0.05, 0.1) is 11.6 Å². The minimum absolute atomic E-state index is 0.000216. The van der Waals surface area contributed by atoms with Crippen molar-refractivity contribution in [2.45, 2.75) is 12.5 Å². The number of piperidine rings is 1. The fraction of sp³-hybridized carbons (Fsp3) is 0.333. The van der Waals surface area contributed by atoms with E-state index >= 15 is 0 Å². The van der Waals surface area contributed by atoms with Gasteiger partial charge in [-0.1, -0.05) is 18.2 Å². The van der Waals surface area contributed by atoms with Crippen molar-refractivity contribution in [3.63, 3.8) is 0 Å². The highest BCUT2D eigenvalue weighted by molar-refractivity contribution is 7.08. The molecule has 6 heteroatoms. The monoisotopic (exact) mass is 344 g/mol. The average molecular weight is 344 g/mol. The summed E-state index contributed by atoms with van der Waals surface area (Å²) in [5, 5.41) is 16.3. The third-order valence-corrected chi connectivity index (χ3v) is 5.08. The first-order chi connectivity index (χ1) is 11.7. The molecule has 1 aliphatic rings. The van der Waals surface area contributed by atoms with E-state index in [2.05, 4.69) is 5.32 Å². The normalized spacial score (nSPS) is 20.6. The summed E-state index contributed by atoms with van der Waals surface area (Å²) >= 11 is 1.49. The first-order valence-electron chi connectivity index (χ1n) is 7.97. The smallest absolute Gasteiger partial charge is 0.254 e. The van der Waals surface area contributed by atoms with Gasteiger partial charge in [0.25, 0.3) is 11.8 Å². The number of nitrogens with zero attached hydrogens (tertiary/aromatic N) is 1. The number of nitrogens with one attached hydrogen (secondary N) is 1. The van der Waals surface area contributed by atoms with Crippen LogP contribution in [0, 0.1) is 5.92 Å². The van der Waals surface area contributed by atoms with Crippen LogP contribution in [-0.4, -0.2) is 47.6 Å². The zero-order chi connectivity index (χ0) is 16.9. The maximum Gasteiger partial charge on any atom is 0.254 e. The van der Waals surface area contributed by atoms with Crippen molar-refractivity contribution in [3.8, 4) is 0 Å². The van der Waals surface area contributed by atoms with E-state index in [4.69, 9.17) is 0 Å². The van der Waals surface area contributed by atoms with Crippen molar-refractivity contribution >= 4 is 23.2 Å². The molecule has 2 heterocycles. The van der Waals surface area contributed by atoms with Gasteiger partial charge in [0.2, 0.25) is 0 Å². The van der Waals surface area contributed by atoms with Crippen LogP contribution in [0.4, 0.5) is 0 Å². The first kappa shape index (κ1) is 16.7. The third kappa shape index (κ3) is 3.66. The summed E-state index contributed by atoms with van der Waals surface area (Å²) in [6.45, 7) is 1.01.